The van der Waals surface area contributed by atoms with Gasteiger partial charge in [-0.15, -0.1) is 0 Å². The molecule has 102 valence electrons. The Morgan fingerprint density at radius 2 is 2.11 bits per heavy atom. The van der Waals surface area contributed by atoms with E-state index in [1.807, 2.05) is 13.8 Å². The number of aromatic amines is 1. The minimum Gasteiger partial charge on any atom is -0.396 e. The van der Waals surface area contributed by atoms with Gasteiger partial charge < -0.3 is 10.1 Å². The second-order valence-electron chi connectivity index (χ2n) is 5.18. The van der Waals surface area contributed by atoms with E-state index in [-0.39, 0.29) is 18.3 Å². The van der Waals surface area contributed by atoms with Crippen LogP contribution in [0.25, 0.3) is 11.3 Å². The highest BCUT2D eigenvalue weighted by Crippen LogP contribution is 2.25. The van der Waals surface area contributed by atoms with Gasteiger partial charge >= 0.3 is 0 Å². The van der Waals surface area contributed by atoms with Crippen LogP contribution in [0.2, 0.25) is 0 Å². The summed E-state index contributed by atoms with van der Waals surface area (Å²) >= 11 is 0. The number of rotatable bonds is 4. The molecule has 19 heavy (non-hydrogen) atoms. The van der Waals surface area contributed by atoms with Crippen LogP contribution >= 0.6 is 0 Å². The number of nitrogens with zero attached hydrogens (tertiary/aromatic N) is 1. The average Bonchev–Trinajstić information content (AvgIpc) is 2.82. The van der Waals surface area contributed by atoms with Gasteiger partial charge in [-0.25, -0.2) is 9.37 Å². The molecule has 4 heteroatoms. The van der Waals surface area contributed by atoms with Crippen molar-refractivity contribution in [2.24, 2.45) is 5.92 Å². The molecule has 2 rings (SSSR count). The Labute approximate surface area is 112 Å². The summed E-state index contributed by atoms with van der Waals surface area (Å²) in [5, 5.41) is 9.40. The van der Waals surface area contributed by atoms with E-state index < -0.39 is 0 Å². The van der Waals surface area contributed by atoms with Crippen molar-refractivity contribution in [3.05, 3.63) is 41.6 Å². The summed E-state index contributed by atoms with van der Waals surface area (Å²) in [4.78, 5) is 7.54. The topological polar surface area (TPSA) is 48.9 Å². The SMILES string of the molecule is Cc1cc(-c2cnc(C(CO)C(C)C)[nH]2)ccc1F. The van der Waals surface area contributed by atoms with E-state index in [1.54, 1.807) is 25.3 Å². The molecule has 0 aliphatic carbocycles. The van der Waals surface area contributed by atoms with Crippen LogP contribution in [0.4, 0.5) is 4.39 Å². The predicted octanol–water partition coefficient (Wildman–Crippen LogP) is 3.26. The molecule has 0 amide bonds. The van der Waals surface area contributed by atoms with Crippen molar-refractivity contribution in [1.82, 2.24) is 9.97 Å². The van der Waals surface area contributed by atoms with Gasteiger partial charge in [-0.05, 0) is 36.6 Å². The van der Waals surface area contributed by atoms with Crippen molar-refractivity contribution in [3.63, 3.8) is 0 Å². The summed E-state index contributed by atoms with van der Waals surface area (Å²) in [7, 11) is 0. The third-order valence-corrected chi connectivity index (χ3v) is 3.42. The molecule has 1 unspecified atom stereocenters. The van der Waals surface area contributed by atoms with Crippen molar-refractivity contribution in [1.29, 1.82) is 0 Å². The maximum atomic E-state index is 13.2. The number of imidazole rings is 1. The second-order valence-corrected chi connectivity index (χ2v) is 5.18. The van der Waals surface area contributed by atoms with Gasteiger partial charge in [-0.1, -0.05) is 13.8 Å². The number of halogens is 1. The maximum Gasteiger partial charge on any atom is 0.126 e. The molecular weight excluding hydrogens is 243 g/mol. The fourth-order valence-electron chi connectivity index (χ4n) is 2.10. The highest BCUT2D eigenvalue weighted by atomic mass is 19.1. The van der Waals surface area contributed by atoms with Crippen LogP contribution in [0, 0.1) is 18.7 Å². The van der Waals surface area contributed by atoms with Gasteiger partial charge in [0.15, 0.2) is 0 Å². The fourth-order valence-corrected chi connectivity index (χ4v) is 2.10. The lowest BCUT2D eigenvalue weighted by Crippen LogP contribution is -2.12. The number of aromatic nitrogens is 2. The van der Waals surface area contributed by atoms with Gasteiger partial charge in [0.05, 0.1) is 18.5 Å². The Morgan fingerprint density at radius 3 is 2.68 bits per heavy atom. The van der Waals surface area contributed by atoms with E-state index >= 15 is 0 Å². The Hall–Kier alpha value is -1.68. The largest absolute Gasteiger partial charge is 0.396 e. The summed E-state index contributed by atoms with van der Waals surface area (Å²) in [6, 6.07) is 4.97. The summed E-state index contributed by atoms with van der Waals surface area (Å²) in [5.41, 5.74) is 2.35. The van der Waals surface area contributed by atoms with Crippen molar-refractivity contribution in [2.45, 2.75) is 26.7 Å². The summed E-state index contributed by atoms with van der Waals surface area (Å²) in [5.74, 6) is 0.864. The van der Waals surface area contributed by atoms with E-state index in [9.17, 15) is 9.50 Å². The number of aliphatic hydroxyl groups is 1. The van der Waals surface area contributed by atoms with Crippen molar-refractivity contribution >= 4 is 0 Å². The first-order valence-electron chi connectivity index (χ1n) is 6.45. The first-order valence-corrected chi connectivity index (χ1v) is 6.45. The zero-order chi connectivity index (χ0) is 14.0. The Kier molecular flexibility index (Phi) is 4.00. The molecule has 0 saturated heterocycles. The van der Waals surface area contributed by atoms with Crippen LogP contribution in [-0.4, -0.2) is 21.7 Å². The van der Waals surface area contributed by atoms with Crippen LogP contribution in [-0.2, 0) is 0 Å². The van der Waals surface area contributed by atoms with Gasteiger partial charge in [0.1, 0.15) is 11.6 Å². The molecule has 1 aromatic heterocycles. The summed E-state index contributed by atoms with van der Waals surface area (Å²) in [6.45, 7) is 5.89. The molecule has 0 aliphatic heterocycles. The lowest BCUT2D eigenvalue weighted by atomic mass is 9.96. The highest BCUT2D eigenvalue weighted by Gasteiger charge is 2.18. The van der Waals surface area contributed by atoms with Gasteiger partial charge in [0.2, 0.25) is 0 Å². The van der Waals surface area contributed by atoms with E-state index in [2.05, 4.69) is 9.97 Å². The van der Waals surface area contributed by atoms with Crippen LogP contribution in [0.5, 0.6) is 0 Å². The molecule has 1 atom stereocenters. The first kappa shape index (κ1) is 13.7. The second kappa shape index (κ2) is 5.53. The monoisotopic (exact) mass is 262 g/mol. The number of hydrogen-bond donors (Lipinski definition) is 2. The third kappa shape index (κ3) is 2.84. The highest BCUT2D eigenvalue weighted by molar-refractivity contribution is 5.59. The van der Waals surface area contributed by atoms with Crippen LogP contribution in [0.1, 0.15) is 31.2 Å². The zero-order valence-electron chi connectivity index (χ0n) is 11.4. The number of aryl methyl sites for hydroxylation is 1. The van der Waals surface area contributed by atoms with Gasteiger partial charge in [-0.2, -0.15) is 0 Å². The Morgan fingerprint density at radius 1 is 1.37 bits per heavy atom. The predicted molar refractivity (Wildman–Crippen MR) is 73.4 cm³/mol. The van der Waals surface area contributed by atoms with Crippen molar-refractivity contribution in [2.75, 3.05) is 6.61 Å². The molecule has 1 aromatic carbocycles. The van der Waals surface area contributed by atoms with Gasteiger partial charge in [0.25, 0.3) is 0 Å². The summed E-state index contributed by atoms with van der Waals surface area (Å²) < 4.78 is 13.2. The molecule has 0 saturated carbocycles. The van der Waals surface area contributed by atoms with E-state index in [1.165, 1.54) is 6.07 Å². The zero-order valence-corrected chi connectivity index (χ0v) is 11.4. The van der Waals surface area contributed by atoms with Crippen LogP contribution < -0.4 is 0 Å². The third-order valence-electron chi connectivity index (χ3n) is 3.42. The van der Waals surface area contributed by atoms with E-state index in [0.717, 1.165) is 17.1 Å². The molecule has 2 aromatic rings. The molecule has 0 bridgehead atoms. The molecule has 1 heterocycles. The smallest absolute Gasteiger partial charge is 0.126 e. The number of aliphatic hydroxyl groups excluding tert-OH is 1. The molecule has 0 spiro atoms. The minimum atomic E-state index is -0.209. The van der Waals surface area contributed by atoms with Crippen molar-refractivity contribution < 1.29 is 9.50 Å². The molecule has 0 radical (unpaired) electrons. The number of nitrogens with one attached hydrogen (secondary N) is 1. The van der Waals surface area contributed by atoms with E-state index in [0.29, 0.717) is 11.5 Å². The van der Waals surface area contributed by atoms with Crippen molar-refractivity contribution in [3.8, 4) is 11.3 Å². The standard InChI is InChI=1S/C15H19FN2O/c1-9(2)12(8-19)15-17-7-14(18-15)11-4-5-13(16)10(3)6-11/h4-7,9,12,19H,8H2,1-3H3,(H,17,18). The number of H-pyrrole nitrogens is 1. The fraction of sp³-hybridized carbons (Fsp3) is 0.400. The lowest BCUT2D eigenvalue weighted by Gasteiger charge is -2.15. The van der Waals surface area contributed by atoms with Gasteiger partial charge in [-0.3, -0.25) is 0 Å². The average molecular weight is 262 g/mol. The molecule has 3 nitrogen and oxygen atoms in total. The molecule has 2 N–H and O–H groups in total. The van der Waals surface area contributed by atoms with Gasteiger partial charge in [0, 0.05) is 11.5 Å². The molecular formula is C15H19FN2O. The lowest BCUT2D eigenvalue weighted by molar-refractivity contribution is 0.232. The van der Waals surface area contributed by atoms with E-state index in [4.69, 9.17) is 0 Å². The minimum absolute atomic E-state index is 0.00436. The molecule has 0 aliphatic rings. The Bertz CT molecular complexity index is 563. The molecule has 0 fully saturated rings. The normalized spacial score (nSPS) is 12.9. The van der Waals surface area contributed by atoms with Crippen LogP contribution in [0.3, 0.4) is 0 Å². The maximum absolute atomic E-state index is 13.2. The van der Waals surface area contributed by atoms with Crippen LogP contribution in [0.15, 0.2) is 24.4 Å². The Balaban J connectivity index is 2.32. The summed E-state index contributed by atoms with van der Waals surface area (Å²) in [6.07, 6.45) is 1.73. The number of benzene rings is 1. The first-order chi connectivity index (χ1) is 9.02. The quantitative estimate of drug-likeness (QED) is 0.888. The number of hydrogen-bond acceptors (Lipinski definition) is 2.